The summed E-state index contributed by atoms with van der Waals surface area (Å²) in [6.45, 7) is 3.63. The van der Waals surface area contributed by atoms with E-state index >= 15 is 0 Å². The van der Waals surface area contributed by atoms with Gasteiger partial charge in [-0.25, -0.2) is 4.99 Å². The van der Waals surface area contributed by atoms with Gasteiger partial charge in [0.2, 0.25) is 6.29 Å². The number of phenolic OH excluding ortho intramolecular Hbond substituents is 2. The second-order valence-corrected chi connectivity index (χ2v) is 17.9. The second kappa shape index (κ2) is 15.6. The molecular weight excluding hydrogens is 703 g/mol. The van der Waals surface area contributed by atoms with E-state index in [0.717, 1.165) is 29.7 Å². The molecule has 0 spiro atoms. The summed E-state index contributed by atoms with van der Waals surface area (Å²) in [6.07, 6.45) is 1.83. The zero-order chi connectivity index (χ0) is 36.7. The molecule has 0 aromatic heterocycles. The third-order valence-electron chi connectivity index (χ3n) is 11.7. The van der Waals surface area contributed by atoms with Crippen LogP contribution in [0.2, 0.25) is 0 Å². The van der Waals surface area contributed by atoms with Gasteiger partial charge in [-0.15, -0.1) is 0 Å². The number of aromatic hydroxyl groups is 2. The first kappa shape index (κ1) is 37.1. The Bertz CT molecular complexity index is 1780. The van der Waals surface area contributed by atoms with E-state index in [9.17, 15) is 30.3 Å². The smallest absolute Gasteiger partial charge is 0.201 e. The van der Waals surface area contributed by atoms with Crippen LogP contribution in [-0.4, -0.2) is 79.5 Å². The summed E-state index contributed by atoms with van der Waals surface area (Å²) in [5.41, 5.74) is 9.78. The van der Waals surface area contributed by atoms with Crippen LogP contribution in [-0.2, 0) is 30.5 Å². The summed E-state index contributed by atoms with van der Waals surface area (Å²) >= 11 is 0. The maximum Gasteiger partial charge on any atom is 0.201 e. The summed E-state index contributed by atoms with van der Waals surface area (Å²) in [5, 5.41) is 59.1. The molecule has 0 saturated heterocycles. The Morgan fingerprint density at radius 1 is 1.10 bits per heavy atom. The van der Waals surface area contributed by atoms with Crippen molar-refractivity contribution < 1.29 is 39.8 Å². The van der Waals surface area contributed by atoms with Crippen LogP contribution in [0.3, 0.4) is 0 Å². The van der Waals surface area contributed by atoms with Crippen molar-refractivity contribution in [3.8, 4) is 34.8 Å². The highest BCUT2D eigenvalue weighted by atomic mass is 33.1. The number of ketones is 1. The minimum absolute atomic E-state index is 0.00924. The zero-order valence-corrected chi connectivity index (χ0v) is 31.2. The van der Waals surface area contributed by atoms with Crippen molar-refractivity contribution in [3.05, 3.63) is 46.0 Å². The van der Waals surface area contributed by atoms with Crippen LogP contribution in [0.5, 0.6) is 23.0 Å². The van der Waals surface area contributed by atoms with E-state index in [0.29, 0.717) is 54.3 Å². The fraction of sp³-hybridized carbons (Fsp3) is 0.590. The van der Waals surface area contributed by atoms with E-state index in [1.54, 1.807) is 16.9 Å². The summed E-state index contributed by atoms with van der Waals surface area (Å²) in [7, 11) is 3.65. The molecule has 8 N–H and O–H groups in total. The van der Waals surface area contributed by atoms with Gasteiger partial charge in [-0.1, -0.05) is 59.4 Å². The largest absolute Gasteiger partial charge is 0.504 e. The fourth-order valence-electron chi connectivity index (χ4n) is 8.93. The number of carbonyl (C=O) groups is 1. The van der Waals surface area contributed by atoms with Gasteiger partial charge >= 0.3 is 0 Å². The lowest BCUT2D eigenvalue weighted by Crippen LogP contribution is -2.58. The molecule has 11 nitrogen and oxygen atoms in total. The van der Waals surface area contributed by atoms with Crippen molar-refractivity contribution in [2.45, 2.75) is 101 Å². The predicted molar refractivity (Wildman–Crippen MR) is 201 cm³/mol. The number of phenols is 2. The number of hydrogen-bond acceptors (Lipinski definition) is 13. The lowest BCUT2D eigenvalue weighted by Gasteiger charge is -2.50. The summed E-state index contributed by atoms with van der Waals surface area (Å²) in [5.74, 6) is 7.17. The Morgan fingerprint density at radius 3 is 2.71 bits per heavy atom. The van der Waals surface area contributed by atoms with Crippen molar-refractivity contribution in [1.82, 2.24) is 5.32 Å². The normalized spacial score (nSPS) is 31.8. The van der Waals surface area contributed by atoms with Crippen molar-refractivity contribution >= 4 is 33.3 Å². The van der Waals surface area contributed by atoms with Gasteiger partial charge in [0, 0.05) is 59.3 Å². The molecule has 9 bridgehead atoms. The second-order valence-electron chi connectivity index (χ2n) is 15.3. The molecule has 280 valence electrons. The lowest BCUT2D eigenvalue weighted by atomic mass is 9.65. The first-order valence-electron chi connectivity index (χ1n) is 18.4. The molecular formula is C39H49N3O8S2. The van der Waals surface area contributed by atoms with E-state index < -0.39 is 19.2 Å². The van der Waals surface area contributed by atoms with E-state index in [-0.39, 0.29) is 89.0 Å². The summed E-state index contributed by atoms with van der Waals surface area (Å²) in [6, 6.07) is 5.06. The van der Waals surface area contributed by atoms with Crippen molar-refractivity contribution in [2.24, 2.45) is 40.3 Å². The molecule has 9 atom stereocenters. The molecule has 52 heavy (non-hydrogen) atoms. The van der Waals surface area contributed by atoms with Crippen LogP contribution in [0.25, 0.3) is 0 Å². The minimum atomic E-state index is -1.18. The van der Waals surface area contributed by atoms with E-state index in [2.05, 4.69) is 31.0 Å². The Morgan fingerprint density at radius 2 is 1.92 bits per heavy atom. The Labute approximate surface area is 312 Å². The maximum atomic E-state index is 13.6. The van der Waals surface area contributed by atoms with Crippen molar-refractivity contribution in [2.75, 3.05) is 12.5 Å². The van der Waals surface area contributed by atoms with Gasteiger partial charge in [0.05, 0.1) is 17.7 Å². The Hall–Kier alpha value is -3.28. The quantitative estimate of drug-likeness (QED) is 0.137. The molecule has 3 aliphatic carbocycles. The molecule has 2 aliphatic heterocycles. The van der Waals surface area contributed by atoms with Crippen LogP contribution in [0.15, 0.2) is 23.2 Å². The predicted octanol–water partition coefficient (Wildman–Crippen LogP) is 3.81. The minimum Gasteiger partial charge on any atom is -0.504 e. The fourth-order valence-corrected chi connectivity index (χ4v) is 12.7. The van der Waals surface area contributed by atoms with Crippen LogP contribution in [0.1, 0.15) is 73.8 Å². The number of aryl methyl sites for hydroxylation is 1. The number of hydrogen-bond donors (Lipinski definition) is 7. The Balaban J connectivity index is 1.34. The number of benzene rings is 2. The van der Waals surface area contributed by atoms with Gasteiger partial charge in [-0.2, -0.15) is 0 Å². The van der Waals surface area contributed by atoms with E-state index in [1.165, 1.54) is 6.07 Å². The number of rotatable bonds is 3. The van der Waals surface area contributed by atoms with Gasteiger partial charge in [0.1, 0.15) is 5.78 Å². The van der Waals surface area contributed by atoms with Gasteiger partial charge in [-0.3, -0.25) is 4.79 Å². The molecule has 13 heteroatoms. The molecule has 2 aromatic rings. The third kappa shape index (κ3) is 7.42. The number of nitrogens with one attached hydrogen (secondary N) is 1. The highest BCUT2D eigenvalue weighted by Gasteiger charge is 2.50. The van der Waals surface area contributed by atoms with Crippen LogP contribution >= 0.6 is 21.6 Å². The maximum absolute atomic E-state index is 13.6. The lowest BCUT2D eigenvalue weighted by molar-refractivity contribution is -0.122. The molecule has 2 aromatic carbocycles. The standard InChI is InChI=1S/C39H49N3O8S2/c1-19(2)30-17-51-52-37-22-7-10-29(41-39(40)42-30)33(37)28-16-27-23-12-21(34(47)36(27)50-38(28)48)4-3-5-26-20(8-11-31(45)35(26)49-18-43)6-9-25(44)15-32(46)24(13-22)14-23/h8,11-12,19,22,24,28-30,32-33,37-38,43,45-48H,4,6-7,9-10,13-18H2,1-2H3,(H3,40,41,42)/t22-,24-,28+,29-,30-,32-,33+,37-,38+/m0/s1. The van der Waals surface area contributed by atoms with Crippen molar-refractivity contribution in [1.29, 1.82) is 0 Å². The SMILES string of the molecule is CC(C)[C@@H]1CSS[C@H]2[C@H]3CC[C@H](NC(N)=N1)[C@H]2[C@H]1Cc2c4cc(c(O)c2O[C@H]1O)CC#Cc1c(ccc(O)c1OCO)CCC(=O)C[C@H](O)[C@H](C4)C3. The van der Waals surface area contributed by atoms with Crippen LogP contribution < -0.4 is 20.5 Å². The molecule has 1 saturated carbocycles. The average molecular weight is 752 g/mol. The van der Waals surface area contributed by atoms with Gasteiger partial charge < -0.3 is 46.1 Å². The summed E-state index contributed by atoms with van der Waals surface area (Å²) < 4.78 is 11.7. The first-order chi connectivity index (χ1) is 25.0. The number of guanidine groups is 1. The number of fused-ring (bicyclic) bond motifs is 4. The first-order valence-corrected chi connectivity index (χ1v) is 20.8. The van der Waals surface area contributed by atoms with Crippen molar-refractivity contribution in [3.63, 3.8) is 0 Å². The molecule has 0 unspecified atom stereocenters. The molecule has 0 radical (unpaired) electrons. The average Bonchev–Trinajstić information content (AvgIpc) is 3.10. The Kier molecular flexibility index (Phi) is 11.1. The number of ether oxygens (including phenoxy) is 2. The molecule has 1 fully saturated rings. The highest BCUT2D eigenvalue weighted by Crippen LogP contribution is 2.54. The van der Waals surface area contributed by atoms with Gasteiger partial charge in [0.15, 0.2) is 35.8 Å². The van der Waals surface area contributed by atoms with Gasteiger partial charge in [-0.05, 0) is 73.5 Å². The number of aliphatic hydroxyl groups is 3. The number of Topliss-reactive ketones (excluding diaryl/α,β-unsaturated/α-hetero) is 1. The van der Waals surface area contributed by atoms with E-state index in [1.807, 2.05) is 16.9 Å². The number of aliphatic imine (C=N–C) groups is 1. The molecule has 0 amide bonds. The molecule has 5 aliphatic rings. The van der Waals surface area contributed by atoms with Gasteiger partial charge in [0.25, 0.3) is 0 Å². The number of carbonyl (C=O) groups excluding carboxylic acids is 1. The van der Waals surface area contributed by atoms with Crippen LogP contribution in [0, 0.1) is 41.4 Å². The van der Waals surface area contributed by atoms with Crippen LogP contribution in [0.4, 0.5) is 0 Å². The third-order valence-corrected chi connectivity index (χ3v) is 14.7. The molecule has 7 rings (SSSR count). The number of aliphatic hydroxyl groups excluding tert-OH is 3. The molecule has 2 heterocycles. The highest BCUT2D eigenvalue weighted by molar-refractivity contribution is 8.77. The van der Waals surface area contributed by atoms with E-state index in [4.69, 9.17) is 20.2 Å². The topological polar surface area (TPSA) is 187 Å². The zero-order valence-electron chi connectivity index (χ0n) is 29.6. The monoisotopic (exact) mass is 751 g/mol. The number of nitrogens with two attached hydrogens (primary N) is 1. The summed E-state index contributed by atoms with van der Waals surface area (Å²) in [4.78, 5) is 18.4. The number of nitrogens with zero attached hydrogens (tertiary/aromatic N) is 1.